The van der Waals surface area contributed by atoms with Gasteiger partial charge in [-0.1, -0.05) is 17.8 Å². The van der Waals surface area contributed by atoms with E-state index in [1.54, 1.807) is 30.2 Å². The van der Waals surface area contributed by atoms with Crippen LogP contribution in [0.25, 0.3) is 0 Å². The van der Waals surface area contributed by atoms with Crippen molar-refractivity contribution in [3.05, 3.63) is 58.6 Å². The molecule has 0 spiro atoms. The monoisotopic (exact) mass is 437 g/mol. The van der Waals surface area contributed by atoms with Crippen molar-refractivity contribution in [3.63, 3.8) is 0 Å². The second kappa shape index (κ2) is 8.82. The number of fused-ring (bicyclic) bond motifs is 1. The summed E-state index contributed by atoms with van der Waals surface area (Å²) >= 11 is 1.49. The van der Waals surface area contributed by atoms with Crippen LogP contribution in [0.3, 0.4) is 0 Å². The molecular formula is C23H23N3O4S. The van der Waals surface area contributed by atoms with E-state index < -0.39 is 0 Å². The van der Waals surface area contributed by atoms with Crippen LogP contribution in [-0.4, -0.2) is 42.2 Å². The van der Waals surface area contributed by atoms with E-state index in [1.165, 1.54) is 11.8 Å². The van der Waals surface area contributed by atoms with Gasteiger partial charge in [-0.15, -0.1) is 0 Å². The van der Waals surface area contributed by atoms with E-state index in [0.29, 0.717) is 35.5 Å². The van der Waals surface area contributed by atoms with Crippen molar-refractivity contribution >= 4 is 23.4 Å². The lowest BCUT2D eigenvalue weighted by Gasteiger charge is -2.42. The summed E-state index contributed by atoms with van der Waals surface area (Å²) in [5.74, 6) is 1.42. The zero-order valence-electron chi connectivity index (χ0n) is 17.4. The number of phenols is 1. The molecule has 1 N–H and O–H groups in total. The molecule has 0 aliphatic carbocycles. The number of hydrogen-bond donors (Lipinski definition) is 1. The average molecular weight is 438 g/mol. The maximum atomic E-state index is 13.1. The number of thioether (sulfide) groups is 1. The summed E-state index contributed by atoms with van der Waals surface area (Å²) in [4.78, 5) is 16.9. The first kappa shape index (κ1) is 20.9. The van der Waals surface area contributed by atoms with Crippen LogP contribution in [0.4, 0.5) is 5.69 Å². The fourth-order valence-electron chi connectivity index (χ4n) is 3.82. The van der Waals surface area contributed by atoms with Crippen molar-refractivity contribution in [1.82, 2.24) is 4.90 Å². The molecule has 1 fully saturated rings. The number of anilines is 1. The first-order valence-electron chi connectivity index (χ1n) is 9.97. The number of nitriles is 1. The molecule has 31 heavy (non-hydrogen) atoms. The van der Waals surface area contributed by atoms with Gasteiger partial charge in [0.15, 0.2) is 11.5 Å². The number of allylic oxidation sites excluding steroid dienone is 1. The van der Waals surface area contributed by atoms with Crippen LogP contribution in [0.5, 0.6) is 17.2 Å². The third-order valence-electron chi connectivity index (χ3n) is 5.42. The van der Waals surface area contributed by atoms with Crippen LogP contribution in [0.2, 0.25) is 0 Å². The molecule has 4 rings (SSSR count). The maximum absolute atomic E-state index is 13.1. The molecule has 8 heteroatoms. The van der Waals surface area contributed by atoms with Gasteiger partial charge < -0.3 is 19.5 Å². The van der Waals surface area contributed by atoms with Crippen LogP contribution in [0, 0.1) is 11.3 Å². The summed E-state index contributed by atoms with van der Waals surface area (Å²) < 4.78 is 10.7. The molecular weight excluding hydrogens is 414 g/mol. The highest BCUT2D eigenvalue weighted by molar-refractivity contribution is 8.03. The minimum atomic E-state index is -0.358. The van der Waals surface area contributed by atoms with E-state index >= 15 is 0 Å². The number of amides is 1. The predicted molar refractivity (Wildman–Crippen MR) is 119 cm³/mol. The highest BCUT2D eigenvalue weighted by Gasteiger charge is 2.38. The van der Waals surface area contributed by atoms with Crippen LogP contribution in [0.15, 0.2) is 53.1 Å². The van der Waals surface area contributed by atoms with Gasteiger partial charge >= 0.3 is 0 Å². The molecule has 0 saturated carbocycles. The summed E-state index contributed by atoms with van der Waals surface area (Å²) in [5, 5.41) is 20.7. The van der Waals surface area contributed by atoms with E-state index in [1.807, 2.05) is 31.2 Å². The summed E-state index contributed by atoms with van der Waals surface area (Å²) in [6, 6.07) is 15.1. The third kappa shape index (κ3) is 4.01. The van der Waals surface area contributed by atoms with Crippen molar-refractivity contribution in [1.29, 1.82) is 5.26 Å². The molecule has 0 radical (unpaired) electrons. The number of ether oxygens (including phenoxy) is 2. The zero-order valence-corrected chi connectivity index (χ0v) is 18.2. The Morgan fingerprint density at radius 2 is 2.03 bits per heavy atom. The van der Waals surface area contributed by atoms with Crippen LogP contribution in [-0.2, 0) is 4.79 Å². The fraction of sp³-hybridized carbons (Fsp3) is 0.304. The molecule has 2 aliphatic heterocycles. The zero-order chi connectivity index (χ0) is 22.0. The van der Waals surface area contributed by atoms with Crippen LogP contribution in [0.1, 0.15) is 24.8 Å². The molecule has 2 aliphatic rings. The predicted octanol–water partition coefficient (Wildman–Crippen LogP) is 4.02. The van der Waals surface area contributed by atoms with E-state index in [4.69, 9.17) is 9.47 Å². The quantitative estimate of drug-likeness (QED) is 0.756. The summed E-state index contributed by atoms with van der Waals surface area (Å²) in [6.07, 6.45) is 0.194. The van der Waals surface area contributed by atoms with Gasteiger partial charge in [0.1, 0.15) is 5.75 Å². The van der Waals surface area contributed by atoms with Crippen molar-refractivity contribution in [2.75, 3.05) is 31.2 Å². The molecule has 1 saturated heterocycles. The van der Waals surface area contributed by atoms with E-state index in [2.05, 4.69) is 11.0 Å². The van der Waals surface area contributed by atoms with Gasteiger partial charge in [-0.2, -0.15) is 5.26 Å². The number of nitrogens with zero attached hydrogens (tertiary/aromatic N) is 3. The van der Waals surface area contributed by atoms with Gasteiger partial charge in [0.2, 0.25) is 5.91 Å². The number of hydrogen-bond acceptors (Lipinski definition) is 7. The number of carbonyl (C=O) groups is 1. The van der Waals surface area contributed by atoms with Crippen molar-refractivity contribution < 1.29 is 19.4 Å². The Morgan fingerprint density at radius 1 is 1.26 bits per heavy atom. The molecule has 0 unspecified atom stereocenters. The van der Waals surface area contributed by atoms with Crippen molar-refractivity contribution in [2.45, 2.75) is 19.3 Å². The van der Waals surface area contributed by atoms with E-state index in [9.17, 15) is 15.2 Å². The Balaban J connectivity index is 1.63. The molecule has 2 heterocycles. The van der Waals surface area contributed by atoms with Gasteiger partial charge in [-0.3, -0.25) is 9.69 Å². The minimum Gasteiger partial charge on any atom is -0.504 e. The highest BCUT2D eigenvalue weighted by atomic mass is 32.2. The van der Waals surface area contributed by atoms with Crippen molar-refractivity contribution in [3.8, 4) is 23.3 Å². The summed E-state index contributed by atoms with van der Waals surface area (Å²) in [5.41, 5.74) is 2.35. The minimum absolute atomic E-state index is 0.0317. The van der Waals surface area contributed by atoms with Gasteiger partial charge in [-0.25, -0.2) is 0 Å². The summed E-state index contributed by atoms with van der Waals surface area (Å²) in [6.45, 7) is 2.65. The number of methoxy groups -OCH3 is 1. The number of benzene rings is 2. The molecule has 1 atom stereocenters. The molecule has 0 bridgehead atoms. The molecule has 0 aromatic heterocycles. The Kier molecular flexibility index (Phi) is 5.96. The second-order valence-electron chi connectivity index (χ2n) is 7.22. The summed E-state index contributed by atoms with van der Waals surface area (Å²) in [7, 11) is 1.63. The van der Waals surface area contributed by atoms with Gasteiger partial charge in [0.25, 0.3) is 0 Å². The first-order valence-corrected chi connectivity index (χ1v) is 11.0. The SMILES string of the molecule is CCOc1cc([C@H]2CC(=O)N3CN(c4ccc(OC)cc4)CSC3=C2C#N)ccc1O. The van der Waals surface area contributed by atoms with Crippen LogP contribution < -0.4 is 14.4 Å². The largest absolute Gasteiger partial charge is 0.504 e. The number of carbonyl (C=O) groups excluding carboxylic acids is 1. The molecule has 7 nitrogen and oxygen atoms in total. The lowest BCUT2D eigenvalue weighted by Crippen LogP contribution is -2.47. The average Bonchev–Trinajstić information content (AvgIpc) is 2.80. The second-order valence-corrected chi connectivity index (χ2v) is 8.16. The number of aromatic hydroxyl groups is 1. The number of rotatable bonds is 5. The molecule has 160 valence electrons. The van der Waals surface area contributed by atoms with E-state index in [0.717, 1.165) is 17.0 Å². The maximum Gasteiger partial charge on any atom is 0.229 e. The first-order chi connectivity index (χ1) is 15.0. The Hall–Kier alpha value is -3.31. The lowest BCUT2D eigenvalue weighted by atomic mass is 9.86. The molecule has 2 aromatic carbocycles. The van der Waals surface area contributed by atoms with Gasteiger partial charge in [0.05, 0.1) is 42.9 Å². The Bertz CT molecular complexity index is 1060. The normalized spacial score (nSPS) is 18.5. The smallest absolute Gasteiger partial charge is 0.229 e. The standard InChI is InChI=1S/C23H23N3O4S/c1-3-30-21-10-15(4-9-20(21)27)18-11-22(28)26-13-25(14-31-23(26)19(18)12-24)16-5-7-17(29-2)8-6-16/h4-10,18,27H,3,11,13-14H2,1-2H3/t18-/m1/s1. The molecule has 2 aromatic rings. The molecule has 1 amide bonds. The number of phenolic OH excluding ortho intramolecular Hbond substituents is 1. The fourth-order valence-corrected chi connectivity index (χ4v) is 4.99. The third-order valence-corrected chi connectivity index (χ3v) is 6.57. The van der Waals surface area contributed by atoms with Gasteiger partial charge in [-0.05, 0) is 48.9 Å². The Morgan fingerprint density at radius 3 is 2.71 bits per heavy atom. The van der Waals surface area contributed by atoms with Crippen LogP contribution >= 0.6 is 11.8 Å². The topological polar surface area (TPSA) is 86.0 Å². The Labute approximate surface area is 185 Å². The van der Waals surface area contributed by atoms with Gasteiger partial charge in [0, 0.05) is 18.0 Å². The van der Waals surface area contributed by atoms with Crippen molar-refractivity contribution in [2.24, 2.45) is 0 Å². The lowest BCUT2D eigenvalue weighted by molar-refractivity contribution is -0.129. The highest BCUT2D eigenvalue weighted by Crippen LogP contribution is 2.44. The van der Waals surface area contributed by atoms with E-state index in [-0.39, 0.29) is 24.0 Å².